The lowest BCUT2D eigenvalue weighted by Gasteiger charge is -2.21. The maximum atomic E-state index is 5.30. The molecular weight excluding hydrogens is 238 g/mol. The average molecular weight is 257 g/mol. The molecule has 0 spiro atoms. The zero-order valence-electron chi connectivity index (χ0n) is 9.90. The van der Waals surface area contributed by atoms with Crippen LogP contribution >= 0.6 is 24.0 Å². The second kappa shape index (κ2) is 5.36. The summed E-state index contributed by atoms with van der Waals surface area (Å²) in [6.07, 6.45) is 3.90. The molecule has 0 aliphatic carbocycles. The van der Waals surface area contributed by atoms with E-state index in [9.17, 15) is 0 Å². The molecule has 1 fully saturated rings. The van der Waals surface area contributed by atoms with Crippen LogP contribution in [-0.4, -0.2) is 20.5 Å². The Balaban J connectivity index is 2.22. The van der Waals surface area contributed by atoms with E-state index in [1.807, 2.05) is 11.8 Å². The number of hydrogen-bond acceptors (Lipinski definition) is 3. The third kappa shape index (κ3) is 2.69. The molecule has 1 aliphatic rings. The Morgan fingerprint density at radius 2 is 2.38 bits per heavy atom. The topological polar surface area (TPSA) is 33.6 Å². The number of hydrogen-bond donors (Lipinski definition) is 1. The summed E-state index contributed by atoms with van der Waals surface area (Å²) >= 11 is 7.32. The fraction of sp³-hybridized carbons (Fsp3) is 0.818. The van der Waals surface area contributed by atoms with Gasteiger partial charge in [0.25, 0.3) is 0 Å². The quantitative estimate of drug-likeness (QED) is 0.841. The van der Waals surface area contributed by atoms with Crippen LogP contribution < -0.4 is 0 Å². The van der Waals surface area contributed by atoms with Gasteiger partial charge in [-0.3, -0.25) is 5.10 Å². The van der Waals surface area contributed by atoms with Gasteiger partial charge in [-0.05, 0) is 36.7 Å². The zero-order valence-corrected chi connectivity index (χ0v) is 11.5. The van der Waals surface area contributed by atoms with Gasteiger partial charge in [-0.1, -0.05) is 20.3 Å². The minimum Gasteiger partial charge on any atom is -0.303 e. The summed E-state index contributed by atoms with van der Waals surface area (Å²) in [7, 11) is 0. The highest BCUT2D eigenvalue weighted by atomic mass is 32.2. The fourth-order valence-corrected chi connectivity index (χ4v) is 3.59. The van der Waals surface area contributed by atoms with Gasteiger partial charge < -0.3 is 4.57 Å². The van der Waals surface area contributed by atoms with E-state index >= 15 is 0 Å². The van der Waals surface area contributed by atoms with Gasteiger partial charge in [0, 0.05) is 6.54 Å². The van der Waals surface area contributed by atoms with E-state index in [1.54, 1.807) is 0 Å². The van der Waals surface area contributed by atoms with Crippen LogP contribution in [0.5, 0.6) is 0 Å². The molecule has 0 aromatic carbocycles. The molecule has 2 heterocycles. The molecule has 0 amide bonds. The first kappa shape index (κ1) is 12.2. The van der Waals surface area contributed by atoms with Crippen molar-refractivity contribution in [2.45, 2.75) is 44.9 Å². The molecule has 3 nitrogen and oxygen atoms in total. The molecule has 1 aromatic heterocycles. The Bertz CT molecular complexity index is 388. The van der Waals surface area contributed by atoms with Crippen molar-refractivity contribution in [3.8, 4) is 0 Å². The summed E-state index contributed by atoms with van der Waals surface area (Å²) in [6.45, 7) is 5.40. The van der Waals surface area contributed by atoms with Crippen LogP contribution in [0, 0.1) is 10.7 Å². The minimum absolute atomic E-state index is 0.542. The first-order chi connectivity index (χ1) is 7.68. The van der Waals surface area contributed by atoms with Gasteiger partial charge in [0.15, 0.2) is 4.77 Å². The number of aromatic nitrogens is 3. The number of rotatable bonds is 3. The van der Waals surface area contributed by atoms with E-state index in [-0.39, 0.29) is 0 Å². The van der Waals surface area contributed by atoms with E-state index in [1.165, 1.54) is 25.0 Å². The predicted molar refractivity (Wildman–Crippen MR) is 71.3 cm³/mol. The molecule has 90 valence electrons. The normalized spacial score (nSPS) is 21.6. The number of thioether (sulfide) groups is 1. The van der Waals surface area contributed by atoms with Crippen molar-refractivity contribution in [1.29, 1.82) is 0 Å². The van der Waals surface area contributed by atoms with E-state index < -0.39 is 0 Å². The van der Waals surface area contributed by atoms with Gasteiger partial charge in [0.2, 0.25) is 0 Å². The van der Waals surface area contributed by atoms with Crippen LogP contribution in [0.1, 0.15) is 44.2 Å². The Morgan fingerprint density at radius 1 is 1.56 bits per heavy atom. The summed E-state index contributed by atoms with van der Waals surface area (Å²) < 4.78 is 2.96. The minimum atomic E-state index is 0.542. The van der Waals surface area contributed by atoms with Gasteiger partial charge in [-0.2, -0.15) is 16.9 Å². The third-order valence-electron chi connectivity index (χ3n) is 2.80. The number of aromatic amines is 1. The molecule has 2 rings (SSSR count). The van der Waals surface area contributed by atoms with Crippen LogP contribution in [0.3, 0.4) is 0 Å². The molecule has 1 N–H and O–H groups in total. The first-order valence-electron chi connectivity index (χ1n) is 5.95. The fourth-order valence-electron chi connectivity index (χ4n) is 2.06. The maximum Gasteiger partial charge on any atom is 0.195 e. The number of H-pyrrole nitrogens is 1. The summed E-state index contributed by atoms with van der Waals surface area (Å²) in [4.78, 5) is 0. The summed E-state index contributed by atoms with van der Waals surface area (Å²) in [5, 5.41) is 7.90. The van der Waals surface area contributed by atoms with E-state index in [0.717, 1.165) is 17.1 Å². The molecule has 0 radical (unpaired) electrons. The van der Waals surface area contributed by atoms with E-state index in [2.05, 4.69) is 28.6 Å². The maximum absolute atomic E-state index is 5.30. The largest absolute Gasteiger partial charge is 0.303 e. The highest BCUT2D eigenvalue weighted by molar-refractivity contribution is 7.99. The summed E-state index contributed by atoms with van der Waals surface area (Å²) in [6, 6.07) is 0. The van der Waals surface area contributed by atoms with Crippen molar-refractivity contribution in [2.24, 2.45) is 5.92 Å². The molecule has 5 heteroatoms. The third-order valence-corrected chi connectivity index (χ3v) is 4.49. The highest BCUT2D eigenvalue weighted by Gasteiger charge is 2.21. The Hall–Kier alpha value is -0.290. The molecule has 1 saturated heterocycles. The zero-order chi connectivity index (χ0) is 11.5. The van der Waals surface area contributed by atoms with Crippen molar-refractivity contribution in [2.75, 3.05) is 5.75 Å². The lowest BCUT2D eigenvalue weighted by Crippen LogP contribution is -2.13. The molecule has 1 atom stereocenters. The standard InChI is InChI=1S/C11H19N3S2/c1-8(2)7-14-10(12-13-11(14)15)9-5-3-4-6-16-9/h8-9H,3-7H2,1-2H3,(H,13,15). The monoisotopic (exact) mass is 257 g/mol. The van der Waals surface area contributed by atoms with Crippen LogP contribution in [0.4, 0.5) is 0 Å². The van der Waals surface area contributed by atoms with Crippen molar-refractivity contribution in [1.82, 2.24) is 14.8 Å². The van der Waals surface area contributed by atoms with Crippen LogP contribution in [-0.2, 0) is 6.54 Å². The summed E-state index contributed by atoms with van der Waals surface area (Å²) in [5.41, 5.74) is 0. The summed E-state index contributed by atoms with van der Waals surface area (Å²) in [5.74, 6) is 3.02. The van der Waals surface area contributed by atoms with Crippen molar-refractivity contribution >= 4 is 24.0 Å². The van der Waals surface area contributed by atoms with Gasteiger partial charge in [-0.25, -0.2) is 0 Å². The molecule has 1 aromatic rings. The molecule has 1 unspecified atom stereocenters. The number of nitrogens with zero attached hydrogens (tertiary/aromatic N) is 2. The van der Waals surface area contributed by atoms with Crippen molar-refractivity contribution in [3.05, 3.63) is 10.6 Å². The average Bonchev–Trinajstić information content (AvgIpc) is 2.61. The van der Waals surface area contributed by atoms with Gasteiger partial charge >= 0.3 is 0 Å². The lowest BCUT2D eigenvalue weighted by atomic mass is 10.1. The van der Waals surface area contributed by atoms with Gasteiger partial charge in [-0.15, -0.1) is 0 Å². The van der Waals surface area contributed by atoms with Crippen LogP contribution in [0.25, 0.3) is 0 Å². The SMILES string of the molecule is CC(C)Cn1c(C2CCCCS2)n[nH]c1=S. The van der Waals surface area contributed by atoms with Crippen molar-refractivity contribution in [3.63, 3.8) is 0 Å². The van der Waals surface area contributed by atoms with Gasteiger partial charge in [0.1, 0.15) is 5.82 Å². The molecule has 1 aliphatic heterocycles. The molecule has 16 heavy (non-hydrogen) atoms. The van der Waals surface area contributed by atoms with E-state index in [4.69, 9.17) is 12.2 Å². The first-order valence-corrected chi connectivity index (χ1v) is 7.41. The van der Waals surface area contributed by atoms with Crippen molar-refractivity contribution < 1.29 is 0 Å². The predicted octanol–water partition coefficient (Wildman–Crippen LogP) is 3.55. The second-order valence-electron chi connectivity index (χ2n) is 4.75. The van der Waals surface area contributed by atoms with Crippen LogP contribution in [0.2, 0.25) is 0 Å². The Labute approximate surface area is 106 Å². The van der Waals surface area contributed by atoms with Gasteiger partial charge in [0.05, 0.1) is 5.25 Å². The molecule has 0 saturated carbocycles. The highest BCUT2D eigenvalue weighted by Crippen LogP contribution is 2.37. The molecular formula is C11H19N3S2. The smallest absolute Gasteiger partial charge is 0.195 e. The number of nitrogens with one attached hydrogen (secondary N) is 1. The second-order valence-corrected chi connectivity index (χ2v) is 6.44. The lowest BCUT2D eigenvalue weighted by molar-refractivity contribution is 0.494. The Kier molecular flexibility index (Phi) is 4.08. The molecule has 0 bridgehead atoms. The van der Waals surface area contributed by atoms with E-state index in [0.29, 0.717) is 11.2 Å². The Morgan fingerprint density at radius 3 is 3.00 bits per heavy atom. The van der Waals surface area contributed by atoms with Crippen LogP contribution in [0.15, 0.2) is 0 Å².